The van der Waals surface area contributed by atoms with Crippen molar-refractivity contribution in [2.45, 2.75) is 77.7 Å². The number of hydrogen-bond donors (Lipinski definition) is 0. The summed E-state index contributed by atoms with van der Waals surface area (Å²) < 4.78 is 16.4. The number of hydrogen-bond acceptors (Lipinski definition) is 5. The number of carbonyl (C=O) groups is 2. The molecule has 1 aliphatic carbocycles. The molecule has 1 aromatic heterocycles. The molecule has 0 unspecified atom stereocenters. The molecule has 0 amide bonds. The molecule has 1 aliphatic heterocycles. The van der Waals surface area contributed by atoms with Gasteiger partial charge in [-0.2, -0.15) is 0 Å². The summed E-state index contributed by atoms with van der Waals surface area (Å²) in [5, 5.41) is 0. The molecule has 2 aliphatic rings. The van der Waals surface area contributed by atoms with Crippen LogP contribution in [0.3, 0.4) is 0 Å². The van der Waals surface area contributed by atoms with Crippen LogP contribution in [-0.4, -0.2) is 18.5 Å². The second-order valence-electron chi connectivity index (χ2n) is 7.92. The quantitative estimate of drug-likeness (QED) is 0.435. The van der Waals surface area contributed by atoms with E-state index in [0.717, 1.165) is 43.2 Å². The largest absolute Gasteiger partial charge is 0.472 e. The lowest BCUT2D eigenvalue weighted by Crippen LogP contribution is -2.28. The first kappa shape index (κ1) is 19.7. The number of rotatable bonds is 9. The van der Waals surface area contributed by atoms with E-state index in [4.69, 9.17) is 13.9 Å². The van der Waals surface area contributed by atoms with E-state index in [0.29, 0.717) is 12.0 Å². The molecule has 0 bridgehead atoms. The predicted molar refractivity (Wildman–Crippen MR) is 101 cm³/mol. The van der Waals surface area contributed by atoms with Crippen molar-refractivity contribution in [1.29, 1.82) is 0 Å². The molecule has 0 spiro atoms. The van der Waals surface area contributed by atoms with Gasteiger partial charge < -0.3 is 13.9 Å². The van der Waals surface area contributed by atoms with Crippen molar-refractivity contribution in [3.63, 3.8) is 0 Å². The first-order chi connectivity index (χ1) is 13.1. The second kappa shape index (κ2) is 8.77. The second-order valence-corrected chi connectivity index (χ2v) is 7.92. The van der Waals surface area contributed by atoms with E-state index in [9.17, 15) is 9.59 Å². The standard InChI is InChI=1S/C22H30O5/c1-3-4-5-6-7-10-18(23)26-15-16-9-8-12-22(2)19(16)21(24)27-20(22)17-11-13-25-14-17/h11,13-14,20H,3-10,12,15H2,1-2H3/t20-,22+/m0/s1. The lowest BCUT2D eigenvalue weighted by molar-refractivity contribution is -0.143. The Hall–Kier alpha value is -2.04. The SMILES string of the molecule is CCCCCCCC(=O)OCC1=C2C(=O)O[C@@H](c3ccoc3)[C@]2(C)CCC1. The summed E-state index contributed by atoms with van der Waals surface area (Å²) in [6.07, 6.45) is 11.5. The van der Waals surface area contributed by atoms with Crippen molar-refractivity contribution in [1.82, 2.24) is 0 Å². The minimum atomic E-state index is -0.388. The molecule has 3 rings (SSSR count). The third-order valence-electron chi connectivity index (χ3n) is 5.84. The van der Waals surface area contributed by atoms with Crippen molar-refractivity contribution in [3.05, 3.63) is 35.3 Å². The summed E-state index contributed by atoms with van der Waals surface area (Å²) in [4.78, 5) is 24.6. The van der Waals surface area contributed by atoms with Crippen molar-refractivity contribution < 1.29 is 23.5 Å². The van der Waals surface area contributed by atoms with Gasteiger partial charge in [0.05, 0.1) is 12.5 Å². The van der Waals surface area contributed by atoms with Gasteiger partial charge in [-0.15, -0.1) is 0 Å². The number of ether oxygens (including phenoxy) is 2. The van der Waals surface area contributed by atoms with Gasteiger partial charge in [-0.1, -0.05) is 39.5 Å². The topological polar surface area (TPSA) is 65.7 Å². The highest BCUT2D eigenvalue weighted by Crippen LogP contribution is 2.55. The van der Waals surface area contributed by atoms with E-state index in [-0.39, 0.29) is 30.1 Å². The van der Waals surface area contributed by atoms with Gasteiger partial charge in [0.2, 0.25) is 0 Å². The summed E-state index contributed by atoms with van der Waals surface area (Å²) in [5.74, 6) is -0.460. The maximum atomic E-state index is 12.6. The van der Waals surface area contributed by atoms with Crippen molar-refractivity contribution >= 4 is 11.9 Å². The molecule has 0 saturated carbocycles. The number of unbranched alkanes of at least 4 members (excludes halogenated alkanes) is 4. The van der Waals surface area contributed by atoms with Crippen LogP contribution in [0.1, 0.15) is 83.3 Å². The van der Waals surface area contributed by atoms with E-state index < -0.39 is 0 Å². The van der Waals surface area contributed by atoms with Crippen LogP contribution >= 0.6 is 0 Å². The molecule has 0 aromatic carbocycles. The van der Waals surface area contributed by atoms with Gasteiger partial charge in [0.25, 0.3) is 0 Å². The van der Waals surface area contributed by atoms with Crippen LogP contribution in [0.5, 0.6) is 0 Å². The fourth-order valence-corrected chi connectivity index (χ4v) is 4.38. The van der Waals surface area contributed by atoms with Gasteiger partial charge >= 0.3 is 11.9 Å². The van der Waals surface area contributed by atoms with Crippen molar-refractivity contribution in [2.75, 3.05) is 6.61 Å². The monoisotopic (exact) mass is 374 g/mol. The molecule has 1 saturated heterocycles. The van der Waals surface area contributed by atoms with Crippen LogP contribution in [0.4, 0.5) is 0 Å². The zero-order valence-electron chi connectivity index (χ0n) is 16.4. The normalized spacial score (nSPS) is 24.7. The van der Waals surface area contributed by atoms with Crippen molar-refractivity contribution in [2.24, 2.45) is 5.41 Å². The number of furan rings is 1. The van der Waals surface area contributed by atoms with Crippen LogP contribution in [-0.2, 0) is 19.1 Å². The van der Waals surface area contributed by atoms with E-state index in [1.54, 1.807) is 12.5 Å². The third kappa shape index (κ3) is 4.28. The molecule has 27 heavy (non-hydrogen) atoms. The first-order valence-electron chi connectivity index (χ1n) is 10.2. The molecule has 1 fully saturated rings. The lowest BCUT2D eigenvalue weighted by Gasteiger charge is -2.33. The Morgan fingerprint density at radius 2 is 2.11 bits per heavy atom. The predicted octanol–water partition coefficient (Wildman–Crippen LogP) is 5.27. The van der Waals surface area contributed by atoms with E-state index >= 15 is 0 Å². The van der Waals surface area contributed by atoms with E-state index in [1.165, 1.54) is 19.3 Å². The molecule has 0 N–H and O–H groups in total. The molecule has 2 heterocycles. The molecule has 5 heteroatoms. The lowest BCUT2D eigenvalue weighted by atomic mass is 9.68. The average Bonchev–Trinajstić information content (AvgIpc) is 3.26. The molecule has 2 atom stereocenters. The van der Waals surface area contributed by atoms with Gasteiger partial charge in [0.15, 0.2) is 0 Å². The van der Waals surface area contributed by atoms with Gasteiger partial charge in [0.1, 0.15) is 12.7 Å². The summed E-state index contributed by atoms with van der Waals surface area (Å²) in [7, 11) is 0. The Morgan fingerprint density at radius 3 is 2.85 bits per heavy atom. The number of fused-ring (bicyclic) bond motifs is 1. The van der Waals surface area contributed by atoms with Gasteiger partial charge in [-0.05, 0) is 37.3 Å². The fraction of sp³-hybridized carbons (Fsp3) is 0.636. The van der Waals surface area contributed by atoms with E-state index in [1.807, 2.05) is 6.07 Å². The number of esters is 2. The molecule has 148 valence electrons. The molecular formula is C22H30O5. The fourth-order valence-electron chi connectivity index (χ4n) is 4.38. The zero-order chi connectivity index (χ0) is 19.3. The summed E-state index contributed by atoms with van der Waals surface area (Å²) in [5.41, 5.74) is 2.11. The Balaban J connectivity index is 1.62. The first-order valence-corrected chi connectivity index (χ1v) is 10.2. The van der Waals surface area contributed by atoms with Crippen LogP contribution < -0.4 is 0 Å². The maximum absolute atomic E-state index is 12.6. The van der Waals surface area contributed by atoms with Gasteiger partial charge in [-0.3, -0.25) is 4.79 Å². The summed E-state index contributed by atoms with van der Waals surface area (Å²) in [6, 6.07) is 1.85. The Kier molecular flexibility index (Phi) is 6.40. The van der Waals surface area contributed by atoms with Crippen LogP contribution in [0.25, 0.3) is 0 Å². The van der Waals surface area contributed by atoms with Crippen LogP contribution in [0.15, 0.2) is 34.2 Å². The number of cyclic esters (lactones) is 1. The van der Waals surface area contributed by atoms with Gasteiger partial charge in [0, 0.05) is 23.0 Å². The number of carbonyl (C=O) groups excluding carboxylic acids is 2. The Morgan fingerprint density at radius 1 is 1.30 bits per heavy atom. The zero-order valence-corrected chi connectivity index (χ0v) is 16.4. The van der Waals surface area contributed by atoms with Crippen LogP contribution in [0, 0.1) is 5.41 Å². The van der Waals surface area contributed by atoms with E-state index in [2.05, 4.69) is 13.8 Å². The molecule has 0 radical (unpaired) electrons. The van der Waals surface area contributed by atoms with Crippen LogP contribution in [0.2, 0.25) is 0 Å². The highest BCUT2D eigenvalue weighted by atomic mass is 16.6. The molecular weight excluding hydrogens is 344 g/mol. The Bertz CT molecular complexity index is 688. The maximum Gasteiger partial charge on any atom is 0.335 e. The average molecular weight is 374 g/mol. The molecule has 5 nitrogen and oxygen atoms in total. The summed E-state index contributed by atoms with van der Waals surface area (Å²) in [6.45, 7) is 4.44. The third-order valence-corrected chi connectivity index (χ3v) is 5.84. The Labute approximate surface area is 161 Å². The summed E-state index contributed by atoms with van der Waals surface area (Å²) >= 11 is 0. The minimum Gasteiger partial charge on any atom is -0.472 e. The highest BCUT2D eigenvalue weighted by molar-refractivity contribution is 5.94. The molecule has 1 aromatic rings. The smallest absolute Gasteiger partial charge is 0.335 e. The highest BCUT2D eigenvalue weighted by Gasteiger charge is 2.53. The van der Waals surface area contributed by atoms with Gasteiger partial charge in [-0.25, -0.2) is 4.79 Å². The minimum absolute atomic E-state index is 0.176. The van der Waals surface area contributed by atoms with Crippen molar-refractivity contribution in [3.8, 4) is 0 Å².